The summed E-state index contributed by atoms with van der Waals surface area (Å²) in [5.41, 5.74) is -0.133. The van der Waals surface area contributed by atoms with E-state index >= 15 is 0 Å². The molecule has 4 nitrogen and oxygen atoms in total. The van der Waals surface area contributed by atoms with Crippen molar-refractivity contribution in [3.8, 4) is 0 Å². The number of carboxylic acid groups (broad SMARTS) is 1. The summed E-state index contributed by atoms with van der Waals surface area (Å²) in [6, 6.07) is 3.55. The number of carbonyl (C=O) groups is 2. The van der Waals surface area contributed by atoms with Crippen LogP contribution in [0.1, 0.15) is 29.6 Å². The van der Waals surface area contributed by atoms with Gasteiger partial charge in [-0.3, -0.25) is 4.79 Å². The Morgan fingerprint density at radius 3 is 2.79 bits per heavy atom. The van der Waals surface area contributed by atoms with Crippen LogP contribution in [0, 0.1) is 11.7 Å². The molecule has 0 aromatic heterocycles. The zero-order chi connectivity index (χ0) is 13.8. The smallest absolute Gasteiger partial charge is 0.338 e. The molecule has 2 N–H and O–H groups in total. The average Bonchev–Trinajstić information content (AvgIpc) is 2.81. The van der Waals surface area contributed by atoms with Crippen molar-refractivity contribution in [2.75, 3.05) is 5.32 Å². The van der Waals surface area contributed by atoms with Gasteiger partial charge in [-0.1, -0.05) is 12.2 Å². The monoisotopic (exact) mass is 263 g/mol. The van der Waals surface area contributed by atoms with E-state index in [2.05, 4.69) is 5.32 Å². The van der Waals surface area contributed by atoms with E-state index in [1.807, 2.05) is 12.2 Å². The number of carboxylic acids is 1. The summed E-state index contributed by atoms with van der Waals surface area (Å²) in [4.78, 5) is 22.4. The van der Waals surface area contributed by atoms with Crippen LogP contribution in [0.15, 0.2) is 30.4 Å². The zero-order valence-electron chi connectivity index (χ0n) is 10.2. The summed E-state index contributed by atoms with van der Waals surface area (Å²) in [5, 5.41) is 11.3. The Labute approximate surface area is 109 Å². The highest BCUT2D eigenvalue weighted by atomic mass is 19.1. The third kappa shape index (κ3) is 3.40. The molecule has 1 unspecified atom stereocenters. The first kappa shape index (κ1) is 13.3. The SMILES string of the molecule is O=C(CC1C=CCC1)Nc1ccc(C(=O)O)c(F)c1. The number of nitrogens with one attached hydrogen (secondary N) is 1. The zero-order valence-corrected chi connectivity index (χ0v) is 10.2. The van der Waals surface area contributed by atoms with Crippen LogP contribution >= 0.6 is 0 Å². The summed E-state index contributed by atoms with van der Waals surface area (Å²) >= 11 is 0. The van der Waals surface area contributed by atoms with E-state index in [-0.39, 0.29) is 17.5 Å². The van der Waals surface area contributed by atoms with Crippen molar-refractivity contribution >= 4 is 17.6 Å². The van der Waals surface area contributed by atoms with Crippen molar-refractivity contribution in [1.29, 1.82) is 0 Å². The summed E-state index contributed by atoms with van der Waals surface area (Å²) in [6.45, 7) is 0. The van der Waals surface area contributed by atoms with Gasteiger partial charge in [0.2, 0.25) is 5.91 Å². The van der Waals surface area contributed by atoms with Gasteiger partial charge >= 0.3 is 5.97 Å². The lowest BCUT2D eigenvalue weighted by molar-refractivity contribution is -0.116. The third-order valence-electron chi connectivity index (χ3n) is 3.04. The molecule has 0 radical (unpaired) electrons. The van der Waals surface area contributed by atoms with Gasteiger partial charge in [0.15, 0.2) is 0 Å². The highest BCUT2D eigenvalue weighted by Crippen LogP contribution is 2.21. The van der Waals surface area contributed by atoms with Crippen LogP contribution in [0.3, 0.4) is 0 Å². The summed E-state index contributed by atoms with van der Waals surface area (Å²) < 4.78 is 13.4. The molecule has 1 aromatic rings. The van der Waals surface area contributed by atoms with Crippen molar-refractivity contribution in [3.63, 3.8) is 0 Å². The van der Waals surface area contributed by atoms with Crippen molar-refractivity contribution in [1.82, 2.24) is 0 Å². The number of amides is 1. The van der Waals surface area contributed by atoms with Gasteiger partial charge < -0.3 is 10.4 Å². The van der Waals surface area contributed by atoms with Crippen molar-refractivity contribution < 1.29 is 19.1 Å². The van der Waals surface area contributed by atoms with E-state index in [4.69, 9.17) is 5.11 Å². The average molecular weight is 263 g/mol. The van der Waals surface area contributed by atoms with Crippen LogP contribution in [-0.4, -0.2) is 17.0 Å². The third-order valence-corrected chi connectivity index (χ3v) is 3.04. The molecule has 100 valence electrons. The molecule has 1 amide bonds. The van der Waals surface area contributed by atoms with E-state index in [0.29, 0.717) is 6.42 Å². The number of aromatic carboxylic acids is 1. The highest BCUT2D eigenvalue weighted by molar-refractivity contribution is 5.92. The maximum absolute atomic E-state index is 13.4. The molecule has 1 aliphatic carbocycles. The van der Waals surface area contributed by atoms with Crippen molar-refractivity contribution in [2.45, 2.75) is 19.3 Å². The summed E-state index contributed by atoms with van der Waals surface area (Å²) in [7, 11) is 0. The van der Waals surface area contributed by atoms with Crippen LogP contribution in [0.2, 0.25) is 0 Å². The molecule has 0 saturated carbocycles. The van der Waals surface area contributed by atoms with Crippen LogP contribution in [0.25, 0.3) is 0 Å². The fourth-order valence-corrected chi connectivity index (χ4v) is 2.08. The normalized spacial score (nSPS) is 17.4. The first-order valence-corrected chi connectivity index (χ1v) is 6.05. The maximum atomic E-state index is 13.4. The number of hydrogen-bond donors (Lipinski definition) is 2. The predicted molar refractivity (Wildman–Crippen MR) is 68.5 cm³/mol. The Morgan fingerprint density at radius 2 is 2.21 bits per heavy atom. The Kier molecular flexibility index (Phi) is 3.94. The standard InChI is InChI=1S/C14H14FNO3/c15-12-8-10(5-6-11(12)14(18)19)16-13(17)7-9-3-1-2-4-9/h1,3,5-6,8-9H,2,4,7H2,(H,16,17)(H,18,19). The number of halogens is 1. The lowest BCUT2D eigenvalue weighted by Crippen LogP contribution is -2.15. The van der Waals surface area contributed by atoms with Crippen molar-refractivity contribution in [2.24, 2.45) is 5.92 Å². The molecule has 19 heavy (non-hydrogen) atoms. The number of allylic oxidation sites excluding steroid dienone is 2. The fourth-order valence-electron chi connectivity index (χ4n) is 2.08. The van der Waals surface area contributed by atoms with Gasteiger partial charge in [-0.2, -0.15) is 0 Å². The van der Waals surface area contributed by atoms with Gasteiger partial charge in [0.1, 0.15) is 5.82 Å². The molecule has 0 saturated heterocycles. The highest BCUT2D eigenvalue weighted by Gasteiger charge is 2.15. The molecular weight excluding hydrogens is 249 g/mol. The van der Waals surface area contributed by atoms with E-state index in [0.717, 1.165) is 25.0 Å². The minimum Gasteiger partial charge on any atom is -0.478 e. The minimum absolute atomic E-state index is 0.195. The topological polar surface area (TPSA) is 66.4 Å². The van der Waals surface area contributed by atoms with Crippen LogP contribution < -0.4 is 5.32 Å². The Balaban J connectivity index is 1.98. The Morgan fingerprint density at radius 1 is 1.42 bits per heavy atom. The lowest BCUT2D eigenvalue weighted by Gasteiger charge is -2.09. The molecule has 1 aromatic carbocycles. The number of carbonyl (C=O) groups excluding carboxylic acids is 1. The molecule has 0 bridgehead atoms. The number of anilines is 1. The van der Waals surface area contributed by atoms with E-state index in [1.165, 1.54) is 6.07 Å². The van der Waals surface area contributed by atoms with Crippen molar-refractivity contribution in [3.05, 3.63) is 41.7 Å². The first-order valence-electron chi connectivity index (χ1n) is 6.05. The van der Waals surface area contributed by atoms with E-state index < -0.39 is 17.3 Å². The molecule has 2 rings (SSSR count). The molecule has 1 aliphatic rings. The number of benzene rings is 1. The first-order chi connectivity index (χ1) is 9.06. The Hall–Kier alpha value is -2.17. The number of hydrogen-bond acceptors (Lipinski definition) is 2. The largest absolute Gasteiger partial charge is 0.478 e. The number of rotatable bonds is 4. The molecule has 0 heterocycles. The van der Waals surface area contributed by atoms with Gasteiger partial charge in [0.05, 0.1) is 5.56 Å². The quantitative estimate of drug-likeness (QED) is 0.821. The van der Waals surface area contributed by atoms with Gasteiger partial charge in [-0.15, -0.1) is 0 Å². The summed E-state index contributed by atoms with van der Waals surface area (Å²) in [6.07, 6.45) is 6.35. The maximum Gasteiger partial charge on any atom is 0.338 e. The second-order valence-corrected chi connectivity index (χ2v) is 4.52. The van der Waals surface area contributed by atoms with Gasteiger partial charge in [0.25, 0.3) is 0 Å². The molecule has 0 aliphatic heterocycles. The van der Waals surface area contributed by atoms with Gasteiger partial charge in [-0.25, -0.2) is 9.18 Å². The second kappa shape index (κ2) is 5.65. The molecule has 5 heteroatoms. The van der Waals surface area contributed by atoms with Gasteiger partial charge in [-0.05, 0) is 37.0 Å². The van der Waals surface area contributed by atoms with E-state index in [1.54, 1.807) is 0 Å². The van der Waals surface area contributed by atoms with Gasteiger partial charge in [0, 0.05) is 12.1 Å². The fraction of sp³-hybridized carbons (Fsp3) is 0.286. The Bertz CT molecular complexity index is 539. The minimum atomic E-state index is -1.33. The van der Waals surface area contributed by atoms with Crippen LogP contribution in [0.5, 0.6) is 0 Å². The van der Waals surface area contributed by atoms with E-state index in [9.17, 15) is 14.0 Å². The lowest BCUT2D eigenvalue weighted by atomic mass is 10.0. The molecule has 0 spiro atoms. The van der Waals surface area contributed by atoms with Crippen LogP contribution in [0.4, 0.5) is 10.1 Å². The molecule has 1 atom stereocenters. The van der Waals surface area contributed by atoms with Crippen LogP contribution in [-0.2, 0) is 4.79 Å². The second-order valence-electron chi connectivity index (χ2n) is 4.52. The molecule has 0 fully saturated rings. The molecular formula is C14H14FNO3. The summed E-state index contributed by atoms with van der Waals surface area (Å²) in [5.74, 6) is -2.14. The predicted octanol–water partition coefficient (Wildman–Crippen LogP) is 2.82.